The zero-order valence-electron chi connectivity index (χ0n) is 26.3. The minimum Gasteiger partial charge on any atom is -0.455 e. The summed E-state index contributed by atoms with van der Waals surface area (Å²) in [6.07, 6.45) is -0.0597. The van der Waals surface area contributed by atoms with Crippen molar-refractivity contribution >= 4 is 82.4 Å². The third-order valence-corrected chi connectivity index (χ3v) is 10.9. The third kappa shape index (κ3) is 3.28. The molecular weight excluding hydrogens is 599 g/mol. The van der Waals surface area contributed by atoms with Gasteiger partial charge in [-0.2, -0.15) is 0 Å². The van der Waals surface area contributed by atoms with Gasteiger partial charge in [0.2, 0.25) is 0 Å². The average Bonchev–Trinajstić information content (AvgIpc) is 3.90. The molecule has 2 aliphatic heterocycles. The largest absolute Gasteiger partial charge is 0.455 e. The van der Waals surface area contributed by atoms with Gasteiger partial charge in [-0.1, -0.05) is 109 Å². The molecule has 0 aliphatic carbocycles. The molecule has 0 saturated carbocycles. The van der Waals surface area contributed by atoms with Crippen LogP contribution in [0.2, 0.25) is 0 Å². The Morgan fingerprint density at radius 2 is 1.22 bits per heavy atom. The zero-order valence-corrected chi connectivity index (χ0v) is 26.3. The maximum atomic E-state index is 6.64. The lowest BCUT2D eigenvalue weighted by Gasteiger charge is -2.30. The minimum atomic E-state index is -0.0597. The Bertz CT molecular complexity index is 3100. The number of para-hydroxylation sites is 5. The molecule has 3 aromatic heterocycles. The highest BCUT2D eigenvalue weighted by Crippen LogP contribution is 2.55. The van der Waals surface area contributed by atoms with Gasteiger partial charge in [-0.3, -0.25) is 0 Å². The van der Waals surface area contributed by atoms with Crippen molar-refractivity contribution in [3.8, 4) is 11.1 Å². The summed E-state index contributed by atoms with van der Waals surface area (Å²) in [4.78, 5) is 3.63. The fourth-order valence-electron chi connectivity index (χ4n) is 8.84. The molecule has 1 atom stereocenters. The van der Waals surface area contributed by atoms with Crippen molar-refractivity contribution < 1.29 is 4.42 Å². The Hall–Kier alpha value is -6.52. The van der Waals surface area contributed by atoms with Crippen LogP contribution < -0.4 is 5.32 Å². The third-order valence-electron chi connectivity index (χ3n) is 10.9. The smallest absolute Gasteiger partial charge is 0.143 e. The molecule has 5 heterocycles. The number of hydrogen-bond donors (Lipinski definition) is 2. The molecule has 4 nitrogen and oxygen atoms in total. The number of hydrogen-bond acceptors (Lipinski definition) is 2. The zero-order chi connectivity index (χ0) is 31.8. The van der Waals surface area contributed by atoms with Crippen LogP contribution in [0, 0.1) is 0 Å². The van der Waals surface area contributed by atoms with Gasteiger partial charge < -0.3 is 19.3 Å². The first-order valence-electron chi connectivity index (χ1n) is 16.9. The molecule has 7 aromatic carbocycles. The van der Waals surface area contributed by atoms with Crippen molar-refractivity contribution in [1.29, 1.82) is 0 Å². The van der Waals surface area contributed by atoms with E-state index in [9.17, 15) is 0 Å². The second-order valence-electron chi connectivity index (χ2n) is 13.4. The Labute approximate surface area is 280 Å². The van der Waals surface area contributed by atoms with E-state index < -0.39 is 0 Å². The molecular formula is C45H27N3O. The number of aromatic nitrogens is 2. The van der Waals surface area contributed by atoms with Gasteiger partial charge in [0.15, 0.2) is 0 Å². The number of rotatable bonds is 2. The molecule has 0 fully saturated rings. The van der Waals surface area contributed by atoms with Crippen molar-refractivity contribution in [3.05, 3.63) is 162 Å². The Morgan fingerprint density at radius 1 is 0.510 bits per heavy atom. The molecule has 228 valence electrons. The van der Waals surface area contributed by atoms with Crippen LogP contribution in [0.1, 0.15) is 22.9 Å². The monoisotopic (exact) mass is 625 g/mol. The predicted molar refractivity (Wildman–Crippen MR) is 203 cm³/mol. The summed E-state index contributed by atoms with van der Waals surface area (Å²) in [6.45, 7) is 0. The van der Waals surface area contributed by atoms with E-state index >= 15 is 0 Å². The molecule has 2 aliphatic rings. The molecule has 1 unspecified atom stereocenters. The first-order valence-corrected chi connectivity index (χ1v) is 16.9. The van der Waals surface area contributed by atoms with E-state index in [1.165, 1.54) is 71.5 Å². The number of fused-ring (bicyclic) bond motifs is 13. The highest BCUT2D eigenvalue weighted by Gasteiger charge is 2.38. The fourth-order valence-corrected chi connectivity index (χ4v) is 8.84. The standard InChI is InChI=1S/C45H27N3O/c1-4-16-36-27(9-1)28-21-19-26(24-38(28)46-36)25-20-22-39-35(23-25)30-12-7-14-33-42-41(32-11-2-5-17-37(32)47-45(42)48(39)43(30)33)34-15-8-13-31-29-10-3-6-18-40(29)49-44(31)34/h1-24,45-47H. The summed E-state index contributed by atoms with van der Waals surface area (Å²) in [7, 11) is 0. The number of nitrogens with zero attached hydrogens (tertiary/aromatic N) is 1. The van der Waals surface area contributed by atoms with Gasteiger partial charge in [0.1, 0.15) is 17.3 Å². The van der Waals surface area contributed by atoms with Gasteiger partial charge in [-0.05, 0) is 47.5 Å². The molecule has 0 amide bonds. The van der Waals surface area contributed by atoms with Crippen molar-refractivity contribution in [3.63, 3.8) is 0 Å². The van der Waals surface area contributed by atoms with Crippen molar-refractivity contribution in [2.45, 2.75) is 6.17 Å². The summed E-state index contributed by atoms with van der Waals surface area (Å²) in [5.74, 6) is 0. The number of nitrogens with one attached hydrogen (secondary N) is 2. The van der Waals surface area contributed by atoms with E-state index in [2.05, 4.69) is 154 Å². The second-order valence-corrected chi connectivity index (χ2v) is 13.4. The van der Waals surface area contributed by atoms with E-state index in [-0.39, 0.29) is 6.17 Å². The fraction of sp³-hybridized carbons (Fsp3) is 0.0222. The minimum absolute atomic E-state index is 0.0597. The summed E-state index contributed by atoms with van der Waals surface area (Å²) >= 11 is 0. The SMILES string of the molecule is c1ccc2c(c1)NC1C(=C2c2cccc3c2oc2ccccc23)c2cccc3c4cc(-c5ccc6c(c5)[nH]c5ccccc56)ccc4n1c23. The summed E-state index contributed by atoms with van der Waals surface area (Å²) < 4.78 is 9.16. The van der Waals surface area contributed by atoms with Gasteiger partial charge >= 0.3 is 0 Å². The maximum absolute atomic E-state index is 6.64. The van der Waals surface area contributed by atoms with Crippen LogP contribution in [0.3, 0.4) is 0 Å². The molecule has 10 aromatic rings. The first kappa shape index (κ1) is 25.6. The Morgan fingerprint density at radius 3 is 2.18 bits per heavy atom. The molecule has 0 saturated heterocycles. The van der Waals surface area contributed by atoms with E-state index in [1.54, 1.807) is 0 Å². The normalized spacial score (nSPS) is 15.2. The van der Waals surface area contributed by atoms with Gasteiger partial charge in [0.05, 0.1) is 11.0 Å². The summed E-state index contributed by atoms with van der Waals surface area (Å²) in [6, 6.07) is 52.7. The number of aromatic amines is 1. The summed E-state index contributed by atoms with van der Waals surface area (Å²) in [5.41, 5.74) is 16.4. The number of anilines is 1. The lowest BCUT2D eigenvalue weighted by molar-refractivity contribution is 0.667. The van der Waals surface area contributed by atoms with Gasteiger partial charge in [-0.15, -0.1) is 0 Å². The number of H-pyrrole nitrogens is 1. The molecule has 2 N–H and O–H groups in total. The van der Waals surface area contributed by atoms with Gasteiger partial charge in [0.25, 0.3) is 0 Å². The molecule has 12 rings (SSSR count). The van der Waals surface area contributed by atoms with Crippen LogP contribution in [0.5, 0.6) is 0 Å². The van der Waals surface area contributed by atoms with E-state index in [4.69, 9.17) is 4.42 Å². The van der Waals surface area contributed by atoms with Crippen LogP contribution in [0.4, 0.5) is 5.69 Å². The predicted octanol–water partition coefficient (Wildman–Crippen LogP) is 11.9. The lowest BCUT2D eigenvalue weighted by Crippen LogP contribution is -2.21. The number of furan rings is 1. The van der Waals surface area contributed by atoms with Crippen molar-refractivity contribution in [2.24, 2.45) is 0 Å². The van der Waals surface area contributed by atoms with E-state index in [0.717, 1.165) is 38.7 Å². The topological polar surface area (TPSA) is 45.9 Å². The molecule has 49 heavy (non-hydrogen) atoms. The maximum Gasteiger partial charge on any atom is 0.143 e. The average molecular weight is 626 g/mol. The highest BCUT2D eigenvalue weighted by molar-refractivity contribution is 6.21. The molecule has 0 spiro atoms. The lowest BCUT2D eigenvalue weighted by atomic mass is 9.84. The van der Waals surface area contributed by atoms with Crippen LogP contribution in [0.15, 0.2) is 150 Å². The van der Waals surface area contributed by atoms with Gasteiger partial charge in [0, 0.05) is 76.9 Å². The van der Waals surface area contributed by atoms with Crippen LogP contribution in [-0.4, -0.2) is 9.55 Å². The Kier molecular flexibility index (Phi) is 4.74. The quantitative estimate of drug-likeness (QED) is 0.201. The molecule has 4 heteroatoms. The number of benzene rings is 7. The Balaban J connectivity index is 1.11. The van der Waals surface area contributed by atoms with Gasteiger partial charge in [-0.25, -0.2) is 0 Å². The van der Waals surface area contributed by atoms with Crippen LogP contribution >= 0.6 is 0 Å². The molecule has 0 radical (unpaired) electrons. The highest BCUT2D eigenvalue weighted by atomic mass is 16.3. The van der Waals surface area contributed by atoms with Crippen molar-refractivity contribution in [1.82, 2.24) is 9.55 Å². The van der Waals surface area contributed by atoms with Crippen LogP contribution in [0.25, 0.3) is 87.8 Å². The van der Waals surface area contributed by atoms with E-state index in [0.29, 0.717) is 0 Å². The van der Waals surface area contributed by atoms with Crippen LogP contribution in [-0.2, 0) is 0 Å². The molecule has 0 bridgehead atoms. The first-order chi connectivity index (χ1) is 24.3. The second kappa shape index (κ2) is 9.09. The summed E-state index contributed by atoms with van der Waals surface area (Å²) in [5, 5.41) is 11.3. The van der Waals surface area contributed by atoms with Crippen molar-refractivity contribution in [2.75, 3.05) is 5.32 Å². The van der Waals surface area contributed by atoms with E-state index in [1.807, 2.05) is 6.07 Å².